The summed E-state index contributed by atoms with van der Waals surface area (Å²) in [7, 11) is 0. The number of amides is 4. The van der Waals surface area contributed by atoms with E-state index in [2.05, 4.69) is 0 Å². The molecule has 98 valence electrons. The Balaban J connectivity index is 2.00. The van der Waals surface area contributed by atoms with Crippen molar-refractivity contribution in [3.05, 3.63) is 28.2 Å². The zero-order chi connectivity index (χ0) is 13.7. The van der Waals surface area contributed by atoms with Crippen LogP contribution < -0.4 is 4.90 Å². The van der Waals surface area contributed by atoms with Gasteiger partial charge in [0, 0.05) is 6.04 Å². The Morgan fingerprint density at radius 2 is 1.68 bits per heavy atom. The Morgan fingerprint density at radius 1 is 1.00 bits per heavy atom. The molecule has 5 nitrogen and oxygen atoms in total. The maximum absolute atomic E-state index is 12.1. The van der Waals surface area contributed by atoms with Gasteiger partial charge >= 0.3 is 17.8 Å². The number of hydrogen-bond donors (Lipinski definition) is 0. The second kappa shape index (κ2) is 4.21. The normalized spacial score (nSPS) is 19.6. The Morgan fingerprint density at radius 3 is 2.26 bits per heavy atom. The van der Waals surface area contributed by atoms with Crippen molar-refractivity contribution in [2.75, 3.05) is 4.90 Å². The fourth-order valence-corrected chi connectivity index (χ4v) is 2.28. The standard InChI is InChI=1S/C12H8Cl2N2O3/c13-8-4-3-7(5-9(8)14)16-11(18)10(17)15(12(16)19)6-1-2-6/h3-6H,1-2H2. The van der Waals surface area contributed by atoms with Crippen molar-refractivity contribution in [2.45, 2.75) is 18.9 Å². The lowest BCUT2D eigenvalue weighted by atomic mass is 10.3. The van der Waals surface area contributed by atoms with E-state index in [4.69, 9.17) is 23.2 Å². The number of carbonyl (C=O) groups excluding carboxylic acids is 3. The van der Waals surface area contributed by atoms with Crippen molar-refractivity contribution in [1.82, 2.24) is 4.90 Å². The summed E-state index contributed by atoms with van der Waals surface area (Å²) in [6.45, 7) is 0. The van der Waals surface area contributed by atoms with Gasteiger partial charge < -0.3 is 0 Å². The Hall–Kier alpha value is -1.59. The van der Waals surface area contributed by atoms with Crippen molar-refractivity contribution in [3.8, 4) is 0 Å². The average Bonchev–Trinajstić information content (AvgIpc) is 3.15. The minimum atomic E-state index is -0.852. The van der Waals surface area contributed by atoms with Crippen LogP contribution >= 0.6 is 23.2 Å². The Labute approximate surface area is 118 Å². The molecule has 19 heavy (non-hydrogen) atoms. The topological polar surface area (TPSA) is 57.7 Å². The lowest BCUT2D eigenvalue weighted by Gasteiger charge is -2.15. The molecule has 4 amide bonds. The van der Waals surface area contributed by atoms with Crippen LogP contribution in [0.3, 0.4) is 0 Å². The molecule has 1 aliphatic carbocycles. The van der Waals surface area contributed by atoms with Gasteiger partial charge in [-0.2, -0.15) is 0 Å². The maximum atomic E-state index is 12.1. The van der Waals surface area contributed by atoms with Crippen LogP contribution in [0.5, 0.6) is 0 Å². The maximum Gasteiger partial charge on any atom is 0.339 e. The van der Waals surface area contributed by atoms with Crippen molar-refractivity contribution < 1.29 is 14.4 Å². The first-order chi connectivity index (χ1) is 9.00. The third kappa shape index (κ3) is 1.89. The largest absolute Gasteiger partial charge is 0.339 e. The summed E-state index contributed by atoms with van der Waals surface area (Å²) in [5, 5.41) is 0.534. The van der Waals surface area contributed by atoms with Gasteiger partial charge in [0.05, 0.1) is 15.7 Å². The van der Waals surface area contributed by atoms with E-state index in [-0.39, 0.29) is 16.8 Å². The Kier molecular flexibility index (Phi) is 2.76. The van der Waals surface area contributed by atoms with E-state index in [0.29, 0.717) is 5.02 Å². The predicted octanol–water partition coefficient (Wildman–Crippen LogP) is 2.45. The predicted molar refractivity (Wildman–Crippen MR) is 69.2 cm³/mol. The molecule has 0 radical (unpaired) electrons. The monoisotopic (exact) mass is 298 g/mol. The fraction of sp³-hybridized carbons (Fsp3) is 0.250. The average molecular weight is 299 g/mol. The van der Waals surface area contributed by atoms with Gasteiger partial charge in [-0.1, -0.05) is 23.2 Å². The third-order valence-electron chi connectivity index (χ3n) is 3.08. The zero-order valence-electron chi connectivity index (χ0n) is 9.60. The highest BCUT2D eigenvalue weighted by Gasteiger charge is 2.51. The molecule has 7 heteroatoms. The highest BCUT2D eigenvalue weighted by atomic mass is 35.5. The lowest BCUT2D eigenvalue weighted by molar-refractivity contribution is -0.139. The van der Waals surface area contributed by atoms with E-state index in [9.17, 15) is 14.4 Å². The minimum absolute atomic E-state index is 0.142. The van der Waals surface area contributed by atoms with Crippen LogP contribution in [0.2, 0.25) is 10.0 Å². The number of rotatable bonds is 2. The summed E-state index contributed by atoms with van der Waals surface area (Å²) < 4.78 is 0. The molecule has 0 unspecified atom stereocenters. The number of imide groups is 2. The molecule has 0 spiro atoms. The van der Waals surface area contributed by atoms with E-state index in [1.165, 1.54) is 18.2 Å². The number of halogens is 2. The van der Waals surface area contributed by atoms with Gasteiger partial charge in [0.25, 0.3) is 0 Å². The van der Waals surface area contributed by atoms with Gasteiger partial charge in [0.1, 0.15) is 0 Å². The number of urea groups is 1. The van der Waals surface area contributed by atoms with E-state index < -0.39 is 17.8 Å². The number of hydrogen-bond acceptors (Lipinski definition) is 3. The summed E-state index contributed by atoms with van der Waals surface area (Å²) >= 11 is 11.6. The summed E-state index contributed by atoms with van der Waals surface area (Å²) in [4.78, 5) is 37.7. The summed E-state index contributed by atoms with van der Waals surface area (Å²) in [6, 6.07) is 3.59. The van der Waals surface area contributed by atoms with Gasteiger partial charge in [0.2, 0.25) is 0 Å². The molecule has 0 atom stereocenters. The molecule has 0 aromatic heterocycles. The highest BCUT2D eigenvalue weighted by molar-refractivity contribution is 6.53. The third-order valence-corrected chi connectivity index (χ3v) is 3.81. The fourth-order valence-electron chi connectivity index (χ4n) is 1.99. The van der Waals surface area contributed by atoms with E-state index in [0.717, 1.165) is 22.6 Å². The van der Waals surface area contributed by atoms with Crippen LogP contribution in [0.4, 0.5) is 10.5 Å². The molecular weight excluding hydrogens is 291 g/mol. The number of nitrogens with zero attached hydrogens (tertiary/aromatic N) is 2. The van der Waals surface area contributed by atoms with Crippen molar-refractivity contribution in [3.63, 3.8) is 0 Å². The molecule has 1 aliphatic heterocycles. The summed E-state index contributed by atoms with van der Waals surface area (Å²) in [6.07, 6.45) is 1.50. The smallest absolute Gasteiger partial charge is 0.263 e. The molecule has 1 aromatic carbocycles. The number of benzene rings is 1. The molecule has 3 rings (SSSR count). The van der Waals surface area contributed by atoms with Crippen molar-refractivity contribution in [2.24, 2.45) is 0 Å². The molecule has 0 bridgehead atoms. The van der Waals surface area contributed by atoms with Crippen LogP contribution in [-0.2, 0) is 9.59 Å². The quantitative estimate of drug-likeness (QED) is 0.622. The summed E-state index contributed by atoms with van der Waals surface area (Å²) in [5.41, 5.74) is 0.251. The first-order valence-electron chi connectivity index (χ1n) is 5.67. The van der Waals surface area contributed by atoms with Gasteiger partial charge in [-0.05, 0) is 31.0 Å². The van der Waals surface area contributed by atoms with Crippen LogP contribution in [0.25, 0.3) is 0 Å². The van der Waals surface area contributed by atoms with Crippen LogP contribution in [0.1, 0.15) is 12.8 Å². The first kappa shape index (κ1) is 12.4. The highest BCUT2D eigenvalue weighted by Crippen LogP contribution is 2.34. The molecule has 2 aliphatic rings. The van der Waals surface area contributed by atoms with Gasteiger partial charge in [-0.25, -0.2) is 9.69 Å². The van der Waals surface area contributed by atoms with Gasteiger partial charge in [0.15, 0.2) is 0 Å². The second-order valence-electron chi connectivity index (χ2n) is 4.43. The van der Waals surface area contributed by atoms with E-state index in [1.807, 2.05) is 0 Å². The van der Waals surface area contributed by atoms with Crippen molar-refractivity contribution >= 4 is 46.7 Å². The molecule has 2 fully saturated rings. The minimum Gasteiger partial charge on any atom is -0.263 e. The zero-order valence-corrected chi connectivity index (χ0v) is 11.1. The SMILES string of the molecule is O=C1C(=O)N(C2CC2)C(=O)N1c1ccc(Cl)c(Cl)c1. The van der Waals surface area contributed by atoms with E-state index >= 15 is 0 Å². The molecule has 1 saturated carbocycles. The van der Waals surface area contributed by atoms with Gasteiger partial charge in [-0.3, -0.25) is 14.5 Å². The Bertz CT molecular complexity index is 613. The van der Waals surface area contributed by atoms with Crippen molar-refractivity contribution in [1.29, 1.82) is 0 Å². The van der Waals surface area contributed by atoms with Gasteiger partial charge in [-0.15, -0.1) is 0 Å². The molecule has 1 saturated heterocycles. The lowest BCUT2D eigenvalue weighted by Crippen LogP contribution is -2.34. The molecule has 1 aromatic rings. The number of anilines is 1. The van der Waals surface area contributed by atoms with Crippen LogP contribution in [-0.4, -0.2) is 28.8 Å². The molecule has 0 N–H and O–H groups in total. The van der Waals surface area contributed by atoms with E-state index in [1.54, 1.807) is 0 Å². The van der Waals surface area contributed by atoms with Crippen LogP contribution in [0.15, 0.2) is 18.2 Å². The molecular formula is C12H8Cl2N2O3. The molecule has 1 heterocycles. The number of carbonyl (C=O) groups is 3. The first-order valence-corrected chi connectivity index (χ1v) is 6.43. The van der Waals surface area contributed by atoms with Crippen LogP contribution in [0, 0.1) is 0 Å². The summed E-state index contributed by atoms with van der Waals surface area (Å²) in [5.74, 6) is -1.63. The second-order valence-corrected chi connectivity index (χ2v) is 5.24.